The monoisotopic (exact) mass is 574 g/mol. The lowest BCUT2D eigenvalue weighted by atomic mass is 10.1. The van der Waals surface area contributed by atoms with Crippen LogP contribution in [0, 0.1) is 10.1 Å². The summed E-state index contributed by atoms with van der Waals surface area (Å²) < 4.78 is 19.0. The van der Waals surface area contributed by atoms with Gasteiger partial charge in [-0.05, 0) is 23.8 Å². The molecule has 3 heterocycles. The van der Waals surface area contributed by atoms with Crippen molar-refractivity contribution in [3.63, 3.8) is 0 Å². The fourth-order valence-corrected chi connectivity index (χ4v) is 4.42. The first-order chi connectivity index (χ1) is 20.3. The van der Waals surface area contributed by atoms with Gasteiger partial charge < -0.3 is 19.5 Å². The number of hydrogen-bond acceptors (Lipinski definition) is 10. The van der Waals surface area contributed by atoms with Crippen molar-refractivity contribution in [3.05, 3.63) is 86.7 Å². The number of H-pyrrole nitrogens is 1. The van der Waals surface area contributed by atoms with E-state index < -0.39 is 4.92 Å². The van der Waals surface area contributed by atoms with Crippen molar-refractivity contribution >= 4 is 22.6 Å². The number of carbonyl (C=O) groups excluding carboxylic acids is 1. The summed E-state index contributed by atoms with van der Waals surface area (Å²) in [6, 6.07) is 11.1. The van der Waals surface area contributed by atoms with Gasteiger partial charge in [-0.3, -0.25) is 29.4 Å². The minimum Gasteiger partial charge on any atom is -0.493 e. The highest BCUT2D eigenvalue weighted by Gasteiger charge is 2.18. The van der Waals surface area contributed by atoms with Crippen molar-refractivity contribution in [1.82, 2.24) is 34.8 Å². The molecule has 15 heteroatoms. The van der Waals surface area contributed by atoms with E-state index in [4.69, 9.17) is 14.2 Å². The fraction of sp³-hybridized carbons (Fsp3) is 0.222. The average Bonchev–Trinajstić information content (AvgIpc) is 3.66. The molecule has 15 nitrogen and oxygen atoms in total. The zero-order valence-electron chi connectivity index (χ0n) is 22.9. The normalized spacial score (nSPS) is 10.9. The molecule has 1 amide bonds. The van der Waals surface area contributed by atoms with Crippen molar-refractivity contribution in [2.75, 3.05) is 27.9 Å². The van der Waals surface area contributed by atoms with Crippen LogP contribution in [0.3, 0.4) is 0 Å². The number of nitro benzene ring substituents is 1. The molecule has 0 aliphatic heterocycles. The molecule has 0 saturated carbocycles. The molecule has 0 saturated heterocycles. The Morgan fingerprint density at radius 3 is 2.55 bits per heavy atom. The van der Waals surface area contributed by atoms with Crippen molar-refractivity contribution in [2.45, 2.75) is 13.1 Å². The third-order valence-electron chi connectivity index (χ3n) is 6.49. The molecule has 42 heavy (non-hydrogen) atoms. The third-order valence-corrected chi connectivity index (χ3v) is 6.49. The first-order valence-electron chi connectivity index (χ1n) is 12.6. The number of carbonyl (C=O) groups is 1. The summed E-state index contributed by atoms with van der Waals surface area (Å²) in [5.41, 5.74) is 1.96. The summed E-state index contributed by atoms with van der Waals surface area (Å²) in [7, 11) is 4.54. The van der Waals surface area contributed by atoms with Gasteiger partial charge >= 0.3 is 0 Å². The number of aromatic nitrogens is 6. The highest BCUT2D eigenvalue weighted by atomic mass is 16.6. The molecule has 0 aliphatic carbocycles. The van der Waals surface area contributed by atoms with Gasteiger partial charge in [-0.1, -0.05) is 12.1 Å². The second-order valence-electron chi connectivity index (χ2n) is 9.05. The van der Waals surface area contributed by atoms with E-state index in [0.29, 0.717) is 39.7 Å². The van der Waals surface area contributed by atoms with E-state index in [-0.39, 0.29) is 47.9 Å². The van der Waals surface area contributed by atoms with Crippen LogP contribution < -0.4 is 25.1 Å². The molecule has 0 aliphatic rings. The van der Waals surface area contributed by atoms with Crippen LogP contribution in [0.25, 0.3) is 22.3 Å². The Morgan fingerprint density at radius 1 is 1.10 bits per heavy atom. The minimum atomic E-state index is -0.489. The maximum atomic E-state index is 13.0. The third kappa shape index (κ3) is 5.47. The molecule has 3 aromatic heterocycles. The summed E-state index contributed by atoms with van der Waals surface area (Å²) in [5.74, 6) is 0.970. The number of ether oxygens (including phenoxy) is 3. The Morgan fingerprint density at radius 2 is 1.86 bits per heavy atom. The number of nitrogens with zero attached hydrogens (tertiary/aromatic N) is 6. The maximum absolute atomic E-state index is 13.0. The summed E-state index contributed by atoms with van der Waals surface area (Å²) in [6.45, 7) is 0.573. The summed E-state index contributed by atoms with van der Waals surface area (Å²) in [6.07, 6.45) is 2.78. The second-order valence-corrected chi connectivity index (χ2v) is 9.05. The zero-order valence-corrected chi connectivity index (χ0v) is 22.9. The Bertz CT molecular complexity index is 1820. The van der Waals surface area contributed by atoms with E-state index in [9.17, 15) is 19.7 Å². The zero-order chi connectivity index (χ0) is 29.8. The number of fused-ring (bicyclic) bond motifs is 1. The molecular weight excluding hydrogens is 548 g/mol. The molecular formula is C27H26N8O7. The van der Waals surface area contributed by atoms with Gasteiger partial charge in [0.05, 0.1) is 51.2 Å². The van der Waals surface area contributed by atoms with Crippen LogP contribution in [0.4, 0.5) is 5.69 Å². The van der Waals surface area contributed by atoms with Gasteiger partial charge in [0.2, 0.25) is 5.75 Å². The first kappa shape index (κ1) is 27.8. The topological polar surface area (TPSA) is 181 Å². The molecule has 2 aromatic carbocycles. The second kappa shape index (κ2) is 11.8. The number of nitrogens with one attached hydrogen (secondary N) is 2. The van der Waals surface area contributed by atoms with Crippen molar-refractivity contribution < 1.29 is 23.9 Å². The lowest BCUT2D eigenvalue weighted by Crippen LogP contribution is -2.28. The quantitative estimate of drug-likeness (QED) is 0.176. The smallest absolute Gasteiger partial charge is 0.269 e. The van der Waals surface area contributed by atoms with Crippen molar-refractivity contribution in [2.24, 2.45) is 0 Å². The van der Waals surface area contributed by atoms with Crippen LogP contribution in [0.5, 0.6) is 17.2 Å². The fourth-order valence-electron chi connectivity index (χ4n) is 4.42. The highest BCUT2D eigenvalue weighted by Crippen LogP contribution is 2.40. The molecule has 0 unspecified atom stereocenters. The van der Waals surface area contributed by atoms with E-state index in [0.717, 1.165) is 0 Å². The molecule has 5 aromatic rings. The van der Waals surface area contributed by atoms with E-state index in [1.54, 1.807) is 30.3 Å². The van der Waals surface area contributed by atoms with E-state index in [1.165, 1.54) is 55.2 Å². The molecule has 0 fully saturated rings. The van der Waals surface area contributed by atoms with Crippen LogP contribution in [0.1, 0.15) is 16.1 Å². The van der Waals surface area contributed by atoms with Crippen molar-refractivity contribution in [1.29, 1.82) is 0 Å². The molecule has 0 spiro atoms. The number of amides is 1. The van der Waals surface area contributed by atoms with Gasteiger partial charge in [-0.2, -0.15) is 10.2 Å². The van der Waals surface area contributed by atoms with Gasteiger partial charge in [0.25, 0.3) is 17.2 Å². The number of rotatable bonds is 11. The van der Waals surface area contributed by atoms with Gasteiger partial charge in [0, 0.05) is 24.2 Å². The van der Waals surface area contributed by atoms with Gasteiger partial charge in [-0.15, -0.1) is 0 Å². The minimum absolute atomic E-state index is 0.0583. The number of benzene rings is 2. The maximum Gasteiger partial charge on any atom is 0.269 e. The molecule has 2 N–H and O–H groups in total. The van der Waals surface area contributed by atoms with Crippen LogP contribution in [0.2, 0.25) is 0 Å². The Balaban J connectivity index is 1.25. The van der Waals surface area contributed by atoms with Crippen LogP contribution in [-0.2, 0) is 13.1 Å². The van der Waals surface area contributed by atoms with Crippen molar-refractivity contribution in [3.8, 4) is 28.5 Å². The average molecular weight is 575 g/mol. The Kier molecular flexibility index (Phi) is 7.81. The Labute approximate surface area is 237 Å². The number of hydrogen-bond donors (Lipinski definition) is 2. The van der Waals surface area contributed by atoms with Gasteiger partial charge in [-0.25, -0.2) is 9.67 Å². The molecule has 0 atom stereocenters. The first-order valence-corrected chi connectivity index (χ1v) is 12.6. The number of nitro groups is 1. The van der Waals surface area contributed by atoms with E-state index >= 15 is 0 Å². The van der Waals surface area contributed by atoms with Crippen LogP contribution >= 0.6 is 0 Å². The van der Waals surface area contributed by atoms with E-state index in [2.05, 4.69) is 25.6 Å². The lowest BCUT2D eigenvalue weighted by molar-refractivity contribution is -0.384. The summed E-state index contributed by atoms with van der Waals surface area (Å²) in [5, 5.41) is 25.4. The van der Waals surface area contributed by atoms with E-state index in [1.807, 2.05) is 0 Å². The number of non-ortho nitro benzene ring substituents is 1. The van der Waals surface area contributed by atoms with Crippen LogP contribution in [-0.4, -0.2) is 68.2 Å². The van der Waals surface area contributed by atoms with Gasteiger partial charge in [0.15, 0.2) is 17.1 Å². The molecule has 5 rings (SSSR count). The molecule has 0 bridgehead atoms. The SMILES string of the molecule is COc1cc(-c2cc(C(=O)NCCn3ncc4c(=O)n(Cc5cccc([N+](=O)[O-])c5)cnc43)[nH]n2)cc(OC)c1OC. The predicted molar refractivity (Wildman–Crippen MR) is 150 cm³/mol. The summed E-state index contributed by atoms with van der Waals surface area (Å²) >= 11 is 0. The number of methoxy groups -OCH3 is 3. The highest BCUT2D eigenvalue weighted by molar-refractivity contribution is 5.93. The predicted octanol–water partition coefficient (Wildman–Crippen LogP) is 2.40. The Hall–Kier alpha value is -5.73. The summed E-state index contributed by atoms with van der Waals surface area (Å²) in [4.78, 5) is 40.7. The van der Waals surface area contributed by atoms with Gasteiger partial charge in [0.1, 0.15) is 17.4 Å². The largest absolute Gasteiger partial charge is 0.493 e. The van der Waals surface area contributed by atoms with Crippen LogP contribution in [0.15, 0.2) is 59.8 Å². The molecule has 216 valence electrons. The standard InChI is InChI=1S/C27H26N8O7/c1-40-22-10-17(11-23(41-2)24(22)42-3)20-12-21(32-31-20)26(36)28-7-8-34-25-19(13-30-34)27(37)33(15-29-25)14-16-5-4-6-18(9-16)35(38)39/h4-6,9-13,15H,7-8,14H2,1-3H3,(H,28,36)(H,31,32). The number of aromatic amines is 1. The molecule has 0 radical (unpaired) electrons. The lowest BCUT2D eigenvalue weighted by Gasteiger charge is -2.13.